The normalized spacial score (nSPS) is 19.8. The molecular weight excluding hydrogens is 368 g/mol. The van der Waals surface area contributed by atoms with Crippen LogP contribution in [0.15, 0.2) is 46.9 Å². The van der Waals surface area contributed by atoms with Gasteiger partial charge in [-0.1, -0.05) is 40.5 Å². The minimum absolute atomic E-state index is 0.139. The van der Waals surface area contributed by atoms with Gasteiger partial charge >= 0.3 is 5.97 Å². The van der Waals surface area contributed by atoms with Crippen molar-refractivity contribution in [3.63, 3.8) is 0 Å². The Bertz CT molecular complexity index is 718. The van der Waals surface area contributed by atoms with Gasteiger partial charge in [0.25, 0.3) is 0 Å². The maximum Gasteiger partial charge on any atom is 0.320 e. The number of nitrogens with zero attached hydrogens (tertiary/aromatic N) is 2. The molecule has 2 unspecified atom stereocenters. The van der Waals surface area contributed by atoms with Gasteiger partial charge < -0.3 is 5.11 Å². The van der Waals surface area contributed by atoms with Crippen LogP contribution in [0, 0.1) is 6.92 Å². The number of benzene rings is 1. The van der Waals surface area contributed by atoms with Gasteiger partial charge in [-0.05, 0) is 56.1 Å². The van der Waals surface area contributed by atoms with Crippen LogP contribution in [0.5, 0.6) is 0 Å². The van der Waals surface area contributed by atoms with Gasteiger partial charge in [0, 0.05) is 10.2 Å². The number of carboxylic acid groups (broad SMARTS) is 1. The Balaban J connectivity index is 2.07. The molecule has 1 aliphatic heterocycles. The lowest BCUT2D eigenvalue weighted by atomic mass is 9.94. The van der Waals surface area contributed by atoms with Gasteiger partial charge in [0.2, 0.25) is 0 Å². The molecule has 2 heterocycles. The van der Waals surface area contributed by atoms with Gasteiger partial charge in [0.1, 0.15) is 6.04 Å². The van der Waals surface area contributed by atoms with Crippen molar-refractivity contribution >= 4 is 21.9 Å². The van der Waals surface area contributed by atoms with Crippen molar-refractivity contribution in [2.24, 2.45) is 0 Å². The quantitative estimate of drug-likeness (QED) is 0.853. The molecule has 24 heavy (non-hydrogen) atoms. The van der Waals surface area contributed by atoms with Crippen LogP contribution in [-0.2, 0) is 4.79 Å². The van der Waals surface area contributed by atoms with E-state index in [1.165, 1.54) is 0 Å². The molecule has 0 spiro atoms. The molecule has 1 aliphatic rings. The van der Waals surface area contributed by atoms with Gasteiger partial charge in [-0.2, -0.15) is 0 Å². The van der Waals surface area contributed by atoms with E-state index in [9.17, 15) is 9.90 Å². The fourth-order valence-electron chi connectivity index (χ4n) is 3.42. The van der Waals surface area contributed by atoms with Crippen molar-refractivity contribution < 1.29 is 9.90 Å². The van der Waals surface area contributed by atoms with Gasteiger partial charge in [-0.3, -0.25) is 14.7 Å². The molecule has 0 amide bonds. The largest absolute Gasteiger partial charge is 0.480 e. The van der Waals surface area contributed by atoms with E-state index in [0.717, 1.165) is 40.8 Å². The molecule has 0 saturated carbocycles. The first-order valence-corrected chi connectivity index (χ1v) is 9.03. The summed E-state index contributed by atoms with van der Waals surface area (Å²) in [5, 5.41) is 9.68. The monoisotopic (exact) mass is 388 g/mol. The molecule has 5 heteroatoms. The smallest absolute Gasteiger partial charge is 0.320 e. The number of halogens is 1. The van der Waals surface area contributed by atoms with Crippen molar-refractivity contribution in [3.8, 4) is 0 Å². The van der Waals surface area contributed by atoms with Crippen LogP contribution in [-0.4, -0.2) is 33.5 Å². The van der Waals surface area contributed by atoms with E-state index in [2.05, 4.69) is 20.8 Å². The minimum Gasteiger partial charge on any atom is -0.480 e. The van der Waals surface area contributed by atoms with Crippen LogP contribution in [0.1, 0.15) is 42.3 Å². The predicted octanol–water partition coefficient (Wildman–Crippen LogP) is 4.18. The van der Waals surface area contributed by atoms with E-state index >= 15 is 0 Å². The average molecular weight is 389 g/mol. The fourth-order valence-corrected chi connectivity index (χ4v) is 3.69. The number of carboxylic acids is 1. The van der Waals surface area contributed by atoms with Gasteiger partial charge in [0.05, 0.1) is 11.7 Å². The van der Waals surface area contributed by atoms with Crippen LogP contribution in [0.3, 0.4) is 0 Å². The highest BCUT2D eigenvalue weighted by molar-refractivity contribution is 9.10. The summed E-state index contributed by atoms with van der Waals surface area (Å²) in [5.41, 5.74) is 2.92. The number of piperidine rings is 1. The zero-order valence-corrected chi connectivity index (χ0v) is 15.2. The second-order valence-electron chi connectivity index (χ2n) is 6.25. The first kappa shape index (κ1) is 17.1. The summed E-state index contributed by atoms with van der Waals surface area (Å²) in [7, 11) is 0. The third kappa shape index (κ3) is 3.68. The second kappa shape index (κ2) is 7.45. The highest BCUT2D eigenvalue weighted by Gasteiger charge is 2.35. The molecule has 126 valence electrons. The lowest BCUT2D eigenvalue weighted by Crippen LogP contribution is -2.47. The summed E-state index contributed by atoms with van der Waals surface area (Å²) in [6, 6.07) is 13.4. The van der Waals surface area contributed by atoms with E-state index in [4.69, 9.17) is 4.98 Å². The zero-order valence-electron chi connectivity index (χ0n) is 13.7. The molecule has 0 aliphatic carbocycles. The number of hydrogen-bond donors (Lipinski definition) is 1. The first-order valence-electron chi connectivity index (χ1n) is 8.24. The first-order chi connectivity index (χ1) is 11.6. The van der Waals surface area contributed by atoms with Gasteiger partial charge in [-0.25, -0.2) is 0 Å². The highest BCUT2D eigenvalue weighted by Crippen LogP contribution is 2.34. The SMILES string of the molecule is Cc1cccc(C(c2ccc(Br)cc2)N2CCCCC2C(=O)O)n1. The summed E-state index contributed by atoms with van der Waals surface area (Å²) < 4.78 is 1.01. The fraction of sp³-hybridized carbons (Fsp3) is 0.368. The van der Waals surface area contributed by atoms with E-state index < -0.39 is 12.0 Å². The maximum absolute atomic E-state index is 11.8. The molecule has 0 bridgehead atoms. The number of aliphatic carboxylic acids is 1. The molecule has 2 aromatic rings. The zero-order chi connectivity index (χ0) is 17.1. The van der Waals surface area contributed by atoms with Crippen LogP contribution in [0.4, 0.5) is 0 Å². The molecule has 2 atom stereocenters. The Labute approximate surface area is 150 Å². The lowest BCUT2D eigenvalue weighted by Gasteiger charge is -2.39. The number of rotatable bonds is 4. The topological polar surface area (TPSA) is 53.4 Å². The Kier molecular flexibility index (Phi) is 5.31. The van der Waals surface area contributed by atoms with Crippen LogP contribution in [0.25, 0.3) is 0 Å². The molecule has 1 aromatic carbocycles. The molecule has 4 nitrogen and oxygen atoms in total. The van der Waals surface area contributed by atoms with Crippen LogP contribution in [0.2, 0.25) is 0 Å². The predicted molar refractivity (Wildman–Crippen MR) is 96.9 cm³/mol. The van der Waals surface area contributed by atoms with Crippen molar-refractivity contribution in [2.75, 3.05) is 6.54 Å². The molecule has 1 fully saturated rings. The van der Waals surface area contributed by atoms with E-state index in [1.807, 2.05) is 49.4 Å². The molecule has 1 saturated heterocycles. The van der Waals surface area contributed by atoms with Gasteiger partial charge in [-0.15, -0.1) is 0 Å². The van der Waals surface area contributed by atoms with E-state index in [-0.39, 0.29) is 6.04 Å². The number of pyridine rings is 1. The van der Waals surface area contributed by atoms with Crippen molar-refractivity contribution in [2.45, 2.75) is 38.3 Å². The summed E-state index contributed by atoms with van der Waals surface area (Å²) in [6.07, 6.45) is 2.67. The molecule has 3 rings (SSSR count). The Morgan fingerprint density at radius 1 is 1.25 bits per heavy atom. The number of carbonyl (C=O) groups is 1. The standard InChI is InChI=1S/C19H21BrN2O2/c1-13-5-4-6-16(21-13)18(14-8-10-15(20)11-9-14)22-12-3-2-7-17(22)19(23)24/h4-6,8-11,17-18H,2-3,7,12H2,1H3,(H,23,24). The Hall–Kier alpha value is -1.72. The Morgan fingerprint density at radius 3 is 2.67 bits per heavy atom. The second-order valence-corrected chi connectivity index (χ2v) is 7.16. The van der Waals surface area contributed by atoms with Crippen LogP contribution >= 0.6 is 15.9 Å². The van der Waals surface area contributed by atoms with Crippen LogP contribution < -0.4 is 0 Å². The minimum atomic E-state index is -0.746. The summed E-state index contributed by atoms with van der Waals surface area (Å²) >= 11 is 3.47. The molecule has 0 radical (unpaired) electrons. The van der Waals surface area contributed by atoms with Crippen molar-refractivity contribution in [1.29, 1.82) is 0 Å². The van der Waals surface area contributed by atoms with Crippen molar-refractivity contribution in [3.05, 3.63) is 63.9 Å². The van der Waals surface area contributed by atoms with Crippen molar-refractivity contribution in [1.82, 2.24) is 9.88 Å². The number of likely N-dealkylation sites (tertiary alicyclic amines) is 1. The molecule has 1 N–H and O–H groups in total. The molecular formula is C19H21BrN2O2. The average Bonchev–Trinajstić information content (AvgIpc) is 2.57. The number of aromatic nitrogens is 1. The number of hydrogen-bond acceptors (Lipinski definition) is 3. The summed E-state index contributed by atoms with van der Waals surface area (Å²) in [5.74, 6) is -0.746. The third-order valence-electron chi connectivity index (χ3n) is 4.54. The van der Waals surface area contributed by atoms with E-state index in [0.29, 0.717) is 6.42 Å². The third-order valence-corrected chi connectivity index (χ3v) is 5.07. The lowest BCUT2D eigenvalue weighted by molar-refractivity contribution is -0.145. The summed E-state index contributed by atoms with van der Waals surface area (Å²) in [6.45, 7) is 2.74. The summed E-state index contributed by atoms with van der Waals surface area (Å²) in [4.78, 5) is 18.6. The number of aryl methyl sites for hydroxylation is 1. The van der Waals surface area contributed by atoms with Gasteiger partial charge in [0.15, 0.2) is 0 Å². The Morgan fingerprint density at radius 2 is 2.00 bits per heavy atom. The molecule has 1 aromatic heterocycles. The maximum atomic E-state index is 11.8. The van der Waals surface area contributed by atoms with E-state index in [1.54, 1.807) is 0 Å². The highest BCUT2D eigenvalue weighted by atomic mass is 79.9.